The van der Waals surface area contributed by atoms with Crippen LogP contribution in [0.1, 0.15) is 65.0 Å². The number of nitrogens with zero attached hydrogens (tertiary/aromatic N) is 1. The van der Waals surface area contributed by atoms with Gasteiger partial charge in [-0.3, -0.25) is 9.59 Å². The number of anilines is 1. The van der Waals surface area contributed by atoms with Gasteiger partial charge in [-0.15, -0.1) is 11.3 Å². The van der Waals surface area contributed by atoms with Gasteiger partial charge in [-0.1, -0.05) is 35.7 Å². The number of halogens is 2. The zero-order valence-electron chi connectivity index (χ0n) is 23.3. The van der Waals surface area contributed by atoms with Crippen LogP contribution in [-0.2, 0) is 33.8 Å². The zero-order chi connectivity index (χ0) is 30.1. The molecular weight excluding hydrogens is 601 g/mol. The van der Waals surface area contributed by atoms with Crippen LogP contribution in [0.4, 0.5) is 5.00 Å². The Morgan fingerprint density at radius 3 is 2.52 bits per heavy atom. The first-order chi connectivity index (χ1) is 20.3. The Hall–Kier alpha value is -3.60. The fourth-order valence-electron chi connectivity index (χ4n) is 4.41. The number of fused-ring (bicyclic) bond motifs is 1. The lowest BCUT2D eigenvalue weighted by atomic mass is 10.1. The lowest BCUT2D eigenvalue weighted by molar-refractivity contribution is -0.136. The topological polar surface area (TPSA) is 115 Å². The summed E-state index contributed by atoms with van der Waals surface area (Å²) in [5.74, 6) is -1.45. The highest BCUT2D eigenvalue weighted by Crippen LogP contribution is 2.38. The van der Waals surface area contributed by atoms with Gasteiger partial charge in [0.1, 0.15) is 11.6 Å². The van der Waals surface area contributed by atoms with E-state index in [9.17, 15) is 14.4 Å². The Balaban J connectivity index is 1.40. The number of amides is 2. The van der Waals surface area contributed by atoms with Crippen LogP contribution >= 0.6 is 34.5 Å². The number of rotatable bonds is 10. The number of hydrazone groups is 1. The highest BCUT2D eigenvalue weighted by Gasteiger charge is 2.28. The summed E-state index contributed by atoms with van der Waals surface area (Å²) in [5, 5.41) is 7.85. The Morgan fingerprint density at radius 1 is 0.952 bits per heavy atom. The van der Waals surface area contributed by atoms with Crippen LogP contribution in [-0.4, -0.2) is 37.2 Å². The van der Waals surface area contributed by atoms with Gasteiger partial charge in [0.25, 0.3) is 0 Å². The van der Waals surface area contributed by atoms with E-state index in [4.69, 9.17) is 37.4 Å². The molecule has 0 bridgehead atoms. The zero-order valence-corrected chi connectivity index (χ0v) is 25.6. The van der Waals surface area contributed by atoms with Gasteiger partial charge in [0, 0.05) is 20.5 Å². The van der Waals surface area contributed by atoms with Gasteiger partial charge < -0.3 is 19.5 Å². The van der Waals surface area contributed by atoms with Gasteiger partial charge in [0.2, 0.25) is 0 Å². The highest BCUT2D eigenvalue weighted by molar-refractivity contribution is 7.17. The summed E-state index contributed by atoms with van der Waals surface area (Å²) in [5.41, 5.74) is 4.84. The second-order valence-corrected chi connectivity index (χ2v) is 11.3. The minimum Gasteiger partial charge on any atom is -0.490 e. The molecule has 0 saturated carbocycles. The summed E-state index contributed by atoms with van der Waals surface area (Å²) in [6.07, 6.45) is 5.97. The second kappa shape index (κ2) is 15.0. The van der Waals surface area contributed by atoms with E-state index in [2.05, 4.69) is 15.8 Å². The largest absolute Gasteiger partial charge is 0.490 e. The summed E-state index contributed by atoms with van der Waals surface area (Å²) in [6.45, 7) is 4.39. The first-order valence-corrected chi connectivity index (χ1v) is 15.2. The fourth-order valence-corrected chi connectivity index (χ4v) is 6.15. The van der Waals surface area contributed by atoms with Crippen molar-refractivity contribution in [3.05, 3.63) is 73.6 Å². The maximum absolute atomic E-state index is 12.7. The van der Waals surface area contributed by atoms with Crippen LogP contribution < -0.4 is 20.2 Å². The molecule has 3 aromatic rings. The number of carbonyl (C=O) groups is 3. The van der Waals surface area contributed by atoms with Gasteiger partial charge in [0.05, 0.1) is 25.0 Å². The van der Waals surface area contributed by atoms with Crippen LogP contribution in [0.25, 0.3) is 0 Å². The standard InChI is InChI=1S/C30H31Cl2N3O6S/c1-3-39-24-14-18(10-13-23(24)41-17-19-11-12-20(31)15-22(19)32)16-33-35-28(37)27(36)34-29-26(30(38)40-4-2)21-8-6-5-7-9-25(21)42-29/h10-16H,3-9,17H2,1-2H3,(H,34,36)(H,35,37). The quantitative estimate of drug-likeness (QED) is 0.0860. The van der Waals surface area contributed by atoms with Gasteiger partial charge in [-0.25, -0.2) is 10.2 Å². The molecule has 0 aliphatic heterocycles. The van der Waals surface area contributed by atoms with E-state index in [1.165, 1.54) is 17.6 Å². The van der Waals surface area contributed by atoms with E-state index < -0.39 is 17.8 Å². The van der Waals surface area contributed by atoms with Crippen LogP contribution in [0.15, 0.2) is 41.5 Å². The van der Waals surface area contributed by atoms with Crippen LogP contribution in [0.5, 0.6) is 11.5 Å². The van der Waals surface area contributed by atoms with Crippen molar-refractivity contribution in [1.82, 2.24) is 5.43 Å². The molecule has 1 heterocycles. The Labute approximate surface area is 258 Å². The van der Waals surface area contributed by atoms with Crippen molar-refractivity contribution in [2.24, 2.45) is 5.10 Å². The molecule has 2 aromatic carbocycles. The van der Waals surface area contributed by atoms with Crippen LogP contribution in [0.2, 0.25) is 10.0 Å². The molecule has 0 atom stereocenters. The normalized spacial score (nSPS) is 12.8. The van der Waals surface area contributed by atoms with Crippen molar-refractivity contribution in [1.29, 1.82) is 0 Å². The van der Waals surface area contributed by atoms with Crippen molar-refractivity contribution >= 4 is 63.5 Å². The molecule has 1 aliphatic rings. The van der Waals surface area contributed by atoms with Crippen LogP contribution in [0.3, 0.4) is 0 Å². The molecular formula is C30H31Cl2N3O6S. The van der Waals surface area contributed by atoms with Gasteiger partial charge in [-0.05, 0) is 81.0 Å². The number of nitrogens with one attached hydrogen (secondary N) is 2. The predicted molar refractivity (Wildman–Crippen MR) is 164 cm³/mol. The third kappa shape index (κ3) is 8.02. The van der Waals surface area contributed by atoms with Crippen molar-refractivity contribution < 1.29 is 28.6 Å². The predicted octanol–water partition coefficient (Wildman–Crippen LogP) is 6.57. The first kappa shape index (κ1) is 31.3. The fraction of sp³-hybridized carbons (Fsp3) is 0.333. The number of benzene rings is 2. The van der Waals surface area contributed by atoms with Crippen LogP contribution in [0, 0.1) is 0 Å². The summed E-state index contributed by atoms with van der Waals surface area (Å²) in [4.78, 5) is 39.0. The van der Waals surface area contributed by atoms with Crippen molar-refractivity contribution in [3.63, 3.8) is 0 Å². The molecule has 1 aliphatic carbocycles. The highest BCUT2D eigenvalue weighted by atomic mass is 35.5. The van der Waals surface area contributed by atoms with Crippen molar-refractivity contribution in [2.45, 2.75) is 52.6 Å². The van der Waals surface area contributed by atoms with Gasteiger partial charge in [-0.2, -0.15) is 5.10 Å². The molecule has 0 unspecified atom stereocenters. The van der Waals surface area contributed by atoms with Crippen molar-refractivity contribution in [3.8, 4) is 11.5 Å². The summed E-state index contributed by atoms with van der Waals surface area (Å²) < 4.78 is 16.9. The summed E-state index contributed by atoms with van der Waals surface area (Å²) in [6, 6.07) is 10.3. The molecule has 12 heteroatoms. The number of ether oxygens (including phenoxy) is 3. The molecule has 9 nitrogen and oxygen atoms in total. The third-order valence-electron chi connectivity index (χ3n) is 6.38. The molecule has 1 aromatic heterocycles. The van der Waals surface area contributed by atoms with Gasteiger partial charge in [0.15, 0.2) is 11.5 Å². The number of esters is 1. The molecule has 2 amide bonds. The Bertz CT molecular complexity index is 1490. The number of thiophene rings is 1. The van der Waals surface area contributed by atoms with Gasteiger partial charge >= 0.3 is 17.8 Å². The van der Waals surface area contributed by atoms with Crippen molar-refractivity contribution in [2.75, 3.05) is 18.5 Å². The lowest BCUT2D eigenvalue weighted by Crippen LogP contribution is -2.32. The maximum Gasteiger partial charge on any atom is 0.341 e. The smallest absolute Gasteiger partial charge is 0.341 e. The molecule has 4 rings (SSSR count). The molecule has 0 spiro atoms. The van der Waals surface area contributed by atoms with E-state index in [1.807, 2.05) is 6.92 Å². The number of carbonyl (C=O) groups excluding carboxylic acids is 3. The van der Waals surface area contributed by atoms with E-state index >= 15 is 0 Å². The number of aryl methyl sites for hydroxylation is 1. The first-order valence-electron chi connectivity index (χ1n) is 13.6. The summed E-state index contributed by atoms with van der Waals surface area (Å²) >= 11 is 13.5. The Morgan fingerprint density at radius 2 is 1.76 bits per heavy atom. The monoisotopic (exact) mass is 631 g/mol. The minimum absolute atomic E-state index is 0.208. The third-order valence-corrected chi connectivity index (χ3v) is 8.17. The van der Waals surface area contributed by atoms with E-state index in [0.717, 1.165) is 48.1 Å². The molecule has 42 heavy (non-hydrogen) atoms. The second-order valence-electron chi connectivity index (χ2n) is 9.31. The average Bonchev–Trinajstić information content (AvgIpc) is 3.13. The summed E-state index contributed by atoms with van der Waals surface area (Å²) in [7, 11) is 0. The minimum atomic E-state index is -0.977. The number of hydrogen-bond donors (Lipinski definition) is 2. The lowest BCUT2D eigenvalue weighted by Gasteiger charge is -2.13. The molecule has 0 saturated heterocycles. The van der Waals surface area contributed by atoms with E-state index in [0.29, 0.717) is 44.3 Å². The van der Waals surface area contributed by atoms with E-state index in [1.54, 1.807) is 43.3 Å². The maximum atomic E-state index is 12.7. The SMILES string of the molecule is CCOC(=O)c1c(NC(=O)C(=O)NN=Cc2ccc(OCc3ccc(Cl)cc3Cl)c(OCC)c2)sc2c1CCCCC2. The molecule has 222 valence electrons. The molecule has 0 radical (unpaired) electrons. The Kier molecular flexibility index (Phi) is 11.2. The van der Waals surface area contributed by atoms with E-state index in [-0.39, 0.29) is 13.2 Å². The number of hydrogen-bond acceptors (Lipinski definition) is 8. The average molecular weight is 633 g/mol. The molecule has 0 fully saturated rings. The molecule has 2 N–H and O–H groups in total.